The highest BCUT2D eigenvalue weighted by molar-refractivity contribution is 6.30. The van der Waals surface area contributed by atoms with Crippen molar-refractivity contribution in [2.75, 3.05) is 5.32 Å². The maximum Gasteiger partial charge on any atom is 0.248 e. The van der Waals surface area contributed by atoms with Crippen molar-refractivity contribution in [1.29, 1.82) is 0 Å². The van der Waals surface area contributed by atoms with Crippen molar-refractivity contribution in [3.8, 4) is 11.3 Å². The third-order valence-corrected chi connectivity index (χ3v) is 4.75. The minimum absolute atomic E-state index is 0.179. The molecule has 0 aliphatic heterocycles. The average Bonchev–Trinajstić information content (AvgIpc) is 3.49. The topological polar surface area (TPSA) is 72.5 Å². The zero-order valence-corrected chi connectivity index (χ0v) is 17.6. The maximum absolute atomic E-state index is 12.5. The number of allylic oxidation sites excluding steroid dienone is 1. The number of benzene rings is 2. The van der Waals surface area contributed by atoms with Crippen molar-refractivity contribution in [3.63, 3.8) is 0 Å². The van der Waals surface area contributed by atoms with Gasteiger partial charge in [-0.15, -0.1) is 0 Å². The van der Waals surface area contributed by atoms with Crippen LogP contribution < -0.4 is 5.32 Å². The van der Waals surface area contributed by atoms with E-state index in [1.807, 2.05) is 24.3 Å². The van der Waals surface area contributed by atoms with Crippen LogP contribution in [-0.2, 0) is 4.79 Å². The Morgan fingerprint density at radius 3 is 2.41 bits per heavy atom. The van der Waals surface area contributed by atoms with Gasteiger partial charge in [-0.25, -0.2) is 0 Å². The minimum atomic E-state index is -0.298. The molecular weight excluding hydrogens is 426 g/mol. The summed E-state index contributed by atoms with van der Waals surface area (Å²) in [6, 6.07) is 21.1. The lowest BCUT2D eigenvalue weighted by molar-refractivity contribution is -0.111. The van der Waals surface area contributed by atoms with Gasteiger partial charge in [-0.3, -0.25) is 9.59 Å². The van der Waals surface area contributed by atoms with Crippen LogP contribution in [0.25, 0.3) is 23.5 Å². The second-order valence-electron chi connectivity index (χ2n) is 6.83. The predicted molar refractivity (Wildman–Crippen MR) is 125 cm³/mol. The Hall–Kier alpha value is -4.09. The lowest BCUT2D eigenvalue weighted by Gasteiger charge is -2.03. The largest absolute Gasteiger partial charge is 0.465 e. The Balaban J connectivity index is 1.35. The van der Waals surface area contributed by atoms with Gasteiger partial charge in [0, 0.05) is 27.9 Å². The van der Waals surface area contributed by atoms with Gasteiger partial charge in [-0.1, -0.05) is 23.7 Å². The number of anilines is 1. The number of hydrogen-bond donors (Lipinski definition) is 1. The first-order valence-corrected chi connectivity index (χ1v) is 10.2. The van der Waals surface area contributed by atoms with Crippen LogP contribution in [0, 0.1) is 0 Å². The summed E-state index contributed by atoms with van der Waals surface area (Å²) in [6.07, 6.45) is 7.55. The van der Waals surface area contributed by atoms with E-state index in [1.54, 1.807) is 60.7 Å². The predicted octanol–water partition coefficient (Wildman–Crippen LogP) is 6.74. The number of halogens is 1. The van der Waals surface area contributed by atoms with Crippen LogP contribution in [0.1, 0.15) is 21.9 Å². The van der Waals surface area contributed by atoms with E-state index in [9.17, 15) is 9.59 Å². The Morgan fingerprint density at radius 1 is 0.844 bits per heavy atom. The van der Waals surface area contributed by atoms with Crippen molar-refractivity contribution in [2.24, 2.45) is 0 Å². The summed E-state index contributed by atoms with van der Waals surface area (Å²) in [5, 5.41) is 3.35. The molecule has 0 bridgehead atoms. The summed E-state index contributed by atoms with van der Waals surface area (Å²) in [5.41, 5.74) is 1.93. The number of nitrogens with one attached hydrogen (secondary N) is 1. The summed E-state index contributed by atoms with van der Waals surface area (Å²) < 4.78 is 10.9. The van der Waals surface area contributed by atoms with E-state index in [2.05, 4.69) is 5.32 Å². The average molecular weight is 444 g/mol. The van der Waals surface area contributed by atoms with Crippen LogP contribution in [0.5, 0.6) is 0 Å². The van der Waals surface area contributed by atoms with E-state index in [0.717, 1.165) is 5.56 Å². The van der Waals surface area contributed by atoms with Crippen molar-refractivity contribution in [2.45, 2.75) is 0 Å². The van der Waals surface area contributed by atoms with E-state index < -0.39 is 0 Å². The summed E-state index contributed by atoms with van der Waals surface area (Å²) >= 11 is 6.02. The number of ketones is 1. The molecule has 0 aliphatic carbocycles. The van der Waals surface area contributed by atoms with Crippen LogP contribution >= 0.6 is 11.6 Å². The number of furan rings is 2. The van der Waals surface area contributed by atoms with E-state index in [0.29, 0.717) is 33.6 Å². The van der Waals surface area contributed by atoms with Crippen LogP contribution in [0.4, 0.5) is 5.69 Å². The molecule has 32 heavy (non-hydrogen) atoms. The number of amides is 1. The summed E-state index contributed by atoms with van der Waals surface area (Å²) in [7, 11) is 0. The standard InChI is InChI=1S/C26H18ClNO4/c27-20-4-1-3-19(17-20)25-14-11-23(32-25)10-13-24(29)18-6-8-21(9-7-18)28-26(30)15-12-22-5-2-16-31-22/h1-17H,(H,28,30)/b13-10+,15-12+. The molecule has 4 rings (SSSR count). The van der Waals surface area contributed by atoms with Gasteiger partial charge in [0.25, 0.3) is 0 Å². The zero-order chi connectivity index (χ0) is 22.3. The van der Waals surface area contributed by atoms with Gasteiger partial charge in [0.2, 0.25) is 5.91 Å². The molecule has 0 fully saturated rings. The molecular formula is C26H18ClNO4. The molecule has 4 aromatic rings. The number of hydrogen-bond acceptors (Lipinski definition) is 4. The van der Waals surface area contributed by atoms with E-state index >= 15 is 0 Å². The summed E-state index contributed by atoms with van der Waals surface area (Å²) in [6.45, 7) is 0. The molecule has 0 unspecified atom stereocenters. The Kier molecular flexibility index (Phi) is 6.49. The van der Waals surface area contributed by atoms with Gasteiger partial charge in [-0.2, -0.15) is 0 Å². The first kappa shape index (κ1) is 21.2. The molecule has 5 nitrogen and oxygen atoms in total. The molecule has 0 saturated heterocycles. The lowest BCUT2D eigenvalue weighted by Crippen LogP contribution is -2.07. The number of carbonyl (C=O) groups excluding carboxylic acids is 2. The van der Waals surface area contributed by atoms with E-state index in [1.165, 1.54) is 18.4 Å². The highest BCUT2D eigenvalue weighted by Gasteiger charge is 2.06. The highest BCUT2D eigenvalue weighted by atomic mass is 35.5. The van der Waals surface area contributed by atoms with Gasteiger partial charge in [0.15, 0.2) is 5.78 Å². The van der Waals surface area contributed by atoms with Crippen molar-refractivity contribution >= 4 is 41.1 Å². The van der Waals surface area contributed by atoms with Crippen LogP contribution in [0.2, 0.25) is 5.02 Å². The third kappa shape index (κ3) is 5.53. The molecule has 0 atom stereocenters. The minimum Gasteiger partial charge on any atom is -0.465 e. The molecule has 1 N–H and O–H groups in total. The van der Waals surface area contributed by atoms with Crippen LogP contribution in [0.3, 0.4) is 0 Å². The smallest absolute Gasteiger partial charge is 0.248 e. The molecule has 1 amide bonds. The molecule has 0 spiro atoms. The quantitative estimate of drug-likeness (QED) is 0.253. The normalized spacial score (nSPS) is 11.3. The molecule has 0 radical (unpaired) electrons. The maximum atomic E-state index is 12.5. The van der Waals surface area contributed by atoms with E-state index in [4.69, 9.17) is 20.4 Å². The number of rotatable bonds is 7. The zero-order valence-electron chi connectivity index (χ0n) is 16.8. The first-order valence-electron chi connectivity index (χ1n) is 9.78. The van der Waals surface area contributed by atoms with Gasteiger partial charge in [-0.05, 0) is 78.9 Å². The SMILES string of the molecule is O=C(/C=C/c1ccco1)Nc1ccc(C(=O)/C=C/c2ccc(-c3cccc(Cl)c3)o2)cc1. The molecule has 6 heteroatoms. The Bertz CT molecular complexity index is 1280. The van der Waals surface area contributed by atoms with Gasteiger partial charge >= 0.3 is 0 Å². The van der Waals surface area contributed by atoms with Crippen molar-refractivity contribution < 1.29 is 18.4 Å². The molecule has 2 heterocycles. The summed E-state index contributed by atoms with van der Waals surface area (Å²) in [5.74, 6) is 1.33. The molecule has 158 valence electrons. The van der Waals surface area contributed by atoms with Gasteiger partial charge in [0.05, 0.1) is 6.26 Å². The van der Waals surface area contributed by atoms with Gasteiger partial charge in [0.1, 0.15) is 17.3 Å². The second kappa shape index (κ2) is 9.81. The van der Waals surface area contributed by atoms with Crippen LogP contribution in [-0.4, -0.2) is 11.7 Å². The number of carbonyl (C=O) groups is 2. The van der Waals surface area contributed by atoms with Gasteiger partial charge < -0.3 is 14.2 Å². The van der Waals surface area contributed by atoms with E-state index in [-0.39, 0.29) is 11.7 Å². The highest BCUT2D eigenvalue weighted by Crippen LogP contribution is 2.25. The Morgan fingerprint density at radius 2 is 1.66 bits per heavy atom. The van der Waals surface area contributed by atoms with Crippen molar-refractivity contribution in [3.05, 3.63) is 113 Å². The summed E-state index contributed by atoms with van der Waals surface area (Å²) in [4.78, 5) is 24.4. The van der Waals surface area contributed by atoms with Crippen molar-refractivity contribution in [1.82, 2.24) is 0 Å². The molecule has 2 aromatic carbocycles. The fraction of sp³-hybridized carbons (Fsp3) is 0. The second-order valence-corrected chi connectivity index (χ2v) is 7.26. The molecule has 0 aliphatic rings. The van der Waals surface area contributed by atoms with Crippen LogP contribution in [0.15, 0.2) is 100 Å². The molecule has 0 saturated carbocycles. The fourth-order valence-corrected chi connectivity index (χ4v) is 3.13. The molecule has 2 aromatic heterocycles. The fourth-order valence-electron chi connectivity index (χ4n) is 2.94. The first-order chi connectivity index (χ1) is 15.6. The Labute approximate surface area is 189 Å². The third-order valence-electron chi connectivity index (χ3n) is 4.51. The lowest BCUT2D eigenvalue weighted by atomic mass is 10.1. The monoisotopic (exact) mass is 443 g/mol.